The van der Waals surface area contributed by atoms with E-state index in [-0.39, 0.29) is 29.2 Å². The monoisotopic (exact) mass is 495 g/mol. The van der Waals surface area contributed by atoms with E-state index < -0.39 is 23.0 Å². The smallest absolute Gasteiger partial charge is 0.339 e. The summed E-state index contributed by atoms with van der Waals surface area (Å²) in [5.41, 5.74) is 2.11. The molecule has 3 aromatic rings. The Morgan fingerprint density at radius 2 is 1.46 bits per heavy atom. The quantitative estimate of drug-likeness (QED) is 0.427. The topological polar surface area (TPSA) is 121 Å². The second-order valence-corrected chi connectivity index (χ2v) is 9.35. The van der Waals surface area contributed by atoms with Crippen LogP contribution in [0.4, 0.5) is 11.4 Å². The van der Waals surface area contributed by atoms with Gasteiger partial charge in [-0.1, -0.05) is 24.3 Å². The number of rotatable bonds is 8. The molecule has 1 amide bonds. The van der Waals surface area contributed by atoms with Crippen LogP contribution in [0.2, 0.25) is 0 Å². The number of benzene rings is 3. The van der Waals surface area contributed by atoms with E-state index in [1.54, 1.807) is 42.5 Å². The first kappa shape index (κ1) is 25.9. The van der Waals surface area contributed by atoms with Crippen LogP contribution in [-0.4, -0.2) is 47.8 Å². The Hall–Kier alpha value is -3.69. The van der Waals surface area contributed by atoms with E-state index in [0.29, 0.717) is 16.8 Å². The molecule has 0 aliphatic rings. The summed E-state index contributed by atoms with van der Waals surface area (Å²) < 4.78 is 25.1. The van der Waals surface area contributed by atoms with Gasteiger partial charge in [0, 0.05) is 23.7 Å². The van der Waals surface area contributed by atoms with Crippen molar-refractivity contribution in [1.29, 1.82) is 0 Å². The summed E-state index contributed by atoms with van der Waals surface area (Å²) in [6.45, 7) is 7.88. The summed E-state index contributed by atoms with van der Waals surface area (Å²) in [6.07, 6.45) is 0. The summed E-state index contributed by atoms with van der Waals surface area (Å²) in [5, 5.41) is 19.1. The molecule has 8 nitrogen and oxygen atoms in total. The molecule has 0 bridgehead atoms. The molecule has 35 heavy (non-hydrogen) atoms. The maximum absolute atomic E-state index is 12.9. The Balaban J connectivity index is 1.94. The van der Waals surface area contributed by atoms with Crippen molar-refractivity contribution in [3.05, 3.63) is 77.9 Å². The van der Waals surface area contributed by atoms with Crippen molar-refractivity contribution >= 4 is 34.5 Å². The number of carboxylic acid groups (broad SMARTS) is 1. The van der Waals surface area contributed by atoms with E-state index >= 15 is 0 Å². The zero-order valence-electron chi connectivity index (χ0n) is 19.8. The van der Waals surface area contributed by atoms with Crippen LogP contribution in [0.5, 0.6) is 5.75 Å². The van der Waals surface area contributed by atoms with Crippen molar-refractivity contribution < 1.29 is 28.6 Å². The molecular formula is C26H27N2O6S-. The predicted molar refractivity (Wildman–Crippen MR) is 134 cm³/mol. The van der Waals surface area contributed by atoms with Gasteiger partial charge < -0.3 is 19.7 Å². The first-order valence-corrected chi connectivity index (χ1v) is 12.0. The van der Waals surface area contributed by atoms with Gasteiger partial charge in [-0.05, 0) is 75.2 Å². The van der Waals surface area contributed by atoms with E-state index in [2.05, 4.69) is 0 Å². The number of anilines is 2. The van der Waals surface area contributed by atoms with Gasteiger partial charge in [-0.15, -0.1) is 0 Å². The fourth-order valence-corrected chi connectivity index (χ4v) is 4.55. The minimum Gasteiger partial charge on any atom is -0.755 e. The van der Waals surface area contributed by atoms with E-state index in [0.717, 1.165) is 22.0 Å². The van der Waals surface area contributed by atoms with E-state index in [1.165, 1.54) is 6.07 Å². The number of hydrogen-bond donors (Lipinski definition) is 2. The summed E-state index contributed by atoms with van der Waals surface area (Å²) in [4.78, 5) is 25.9. The number of carboxylic acids is 1. The Bertz CT molecular complexity index is 1250. The molecule has 1 unspecified atom stereocenters. The number of amides is 1. The average Bonchev–Trinajstić information content (AvgIpc) is 2.78. The van der Waals surface area contributed by atoms with Crippen molar-refractivity contribution in [2.75, 3.05) is 4.31 Å². The van der Waals surface area contributed by atoms with Gasteiger partial charge in [0.05, 0.1) is 22.6 Å². The van der Waals surface area contributed by atoms with Crippen LogP contribution in [0.3, 0.4) is 0 Å². The van der Waals surface area contributed by atoms with Crippen molar-refractivity contribution in [3.8, 4) is 16.9 Å². The summed E-state index contributed by atoms with van der Waals surface area (Å²) in [6, 6.07) is 17.5. The van der Waals surface area contributed by atoms with E-state index in [9.17, 15) is 23.5 Å². The van der Waals surface area contributed by atoms with Gasteiger partial charge in [-0.3, -0.25) is 13.3 Å². The third-order valence-corrected chi connectivity index (χ3v) is 6.21. The Kier molecular flexibility index (Phi) is 7.93. The number of phenols is 1. The fourth-order valence-electron chi connectivity index (χ4n) is 3.98. The average molecular weight is 496 g/mol. The van der Waals surface area contributed by atoms with Crippen LogP contribution in [-0.2, 0) is 11.3 Å². The minimum atomic E-state index is -2.75. The van der Waals surface area contributed by atoms with Gasteiger partial charge in [-0.2, -0.15) is 0 Å². The molecule has 0 radical (unpaired) electrons. The highest BCUT2D eigenvalue weighted by atomic mass is 32.2. The van der Waals surface area contributed by atoms with E-state index in [4.69, 9.17) is 5.11 Å². The van der Waals surface area contributed by atoms with Crippen LogP contribution in [0, 0.1) is 0 Å². The SMILES string of the molecule is CC(C)N(C(=O)c1ccc(-c2cccc(N(c3ccc(C(=O)O)c(O)c3)S(=O)[O-])c2)cc1)C(C)C. The Labute approximate surface area is 206 Å². The van der Waals surface area contributed by atoms with Crippen molar-refractivity contribution in [3.63, 3.8) is 0 Å². The fraction of sp³-hybridized carbons (Fsp3) is 0.231. The number of nitrogens with zero attached hydrogens (tertiary/aromatic N) is 2. The highest BCUT2D eigenvalue weighted by Gasteiger charge is 2.21. The molecule has 2 N–H and O–H groups in total. The lowest BCUT2D eigenvalue weighted by molar-refractivity contribution is 0.0641. The summed E-state index contributed by atoms with van der Waals surface area (Å²) in [5.74, 6) is -1.93. The molecule has 0 fully saturated rings. The zero-order valence-corrected chi connectivity index (χ0v) is 20.7. The van der Waals surface area contributed by atoms with Gasteiger partial charge in [0.2, 0.25) is 0 Å². The van der Waals surface area contributed by atoms with Crippen molar-refractivity contribution in [2.24, 2.45) is 0 Å². The number of aromatic hydroxyl groups is 1. The third-order valence-electron chi connectivity index (χ3n) is 5.49. The Morgan fingerprint density at radius 3 is 1.97 bits per heavy atom. The van der Waals surface area contributed by atoms with Crippen molar-refractivity contribution in [1.82, 2.24) is 4.90 Å². The summed E-state index contributed by atoms with van der Waals surface area (Å²) in [7, 11) is 0. The van der Waals surface area contributed by atoms with Gasteiger partial charge in [0.1, 0.15) is 11.3 Å². The lowest BCUT2D eigenvalue weighted by Gasteiger charge is -2.31. The van der Waals surface area contributed by atoms with Gasteiger partial charge in [0.25, 0.3) is 5.91 Å². The molecule has 3 rings (SSSR count). The first-order valence-electron chi connectivity index (χ1n) is 11.0. The van der Waals surface area contributed by atoms with Crippen LogP contribution >= 0.6 is 0 Å². The van der Waals surface area contributed by atoms with Gasteiger partial charge >= 0.3 is 5.97 Å². The third kappa shape index (κ3) is 5.70. The molecule has 9 heteroatoms. The maximum atomic E-state index is 12.9. The lowest BCUT2D eigenvalue weighted by Crippen LogP contribution is -2.42. The van der Waals surface area contributed by atoms with Crippen LogP contribution in [0.25, 0.3) is 11.1 Å². The van der Waals surface area contributed by atoms with Crippen LogP contribution < -0.4 is 4.31 Å². The molecule has 3 aromatic carbocycles. The predicted octanol–water partition coefficient (Wildman–Crippen LogP) is 4.95. The normalized spacial score (nSPS) is 12.0. The highest BCUT2D eigenvalue weighted by molar-refractivity contribution is 7.81. The molecule has 1 atom stereocenters. The molecule has 0 heterocycles. The standard InChI is InChI=1S/C26H28N2O6S/c1-16(2)27(17(3)4)25(30)19-10-8-18(9-11-19)20-6-5-7-21(14-20)28(35(33)34)22-12-13-23(26(31)32)24(29)15-22/h5-17,29H,1-4H3,(H,31,32)(H,33,34)/p-1. The first-order chi connectivity index (χ1) is 16.5. The minimum absolute atomic E-state index is 0.0572. The second kappa shape index (κ2) is 10.7. The van der Waals surface area contributed by atoms with E-state index in [1.807, 2.05) is 38.7 Å². The van der Waals surface area contributed by atoms with Gasteiger partial charge in [-0.25, -0.2) is 4.79 Å². The number of carbonyl (C=O) groups is 2. The second-order valence-electron chi connectivity index (χ2n) is 8.55. The zero-order chi connectivity index (χ0) is 25.9. The van der Waals surface area contributed by atoms with Crippen LogP contribution in [0.15, 0.2) is 66.7 Å². The highest BCUT2D eigenvalue weighted by Crippen LogP contribution is 2.33. The molecule has 0 aliphatic heterocycles. The molecular weight excluding hydrogens is 468 g/mol. The molecule has 184 valence electrons. The molecule has 0 aliphatic carbocycles. The maximum Gasteiger partial charge on any atom is 0.339 e. The number of aromatic carboxylic acids is 1. The largest absolute Gasteiger partial charge is 0.755 e. The molecule has 0 spiro atoms. The number of carbonyl (C=O) groups excluding carboxylic acids is 1. The molecule has 0 saturated heterocycles. The van der Waals surface area contributed by atoms with Gasteiger partial charge in [0.15, 0.2) is 0 Å². The molecule has 0 aromatic heterocycles. The number of hydrogen-bond acceptors (Lipinski definition) is 5. The van der Waals surface area contributed by atoms with Crippen LogP contribution in [0.1, 0.15) is 48.4 Å². The lowest BCUT2D eigenvalue weighted by atomic mass is 10.0. The van der Waals surface area contributed by atoms with Crippen molar-refractivity contribution in [2.45, 2.75) is 39.8 Å². The molecule has 0 saturated carbocycles. The Morgan fingerprint density at radius 1 is 0.857 bits per heavy atom. The summed E-state index contributed by atoms with van der Waals surface area (Å²) >= 11 is -2.75.